The second-order valence-corrected chi connectivity index (χ2v) is 28.3. The monoisotopic (exact) mass is 1550 g/mol. The number of carboxylic acid groups (broad SMARTS) is 3. The van der Waals surface area contributed by atoms with Crippen molar-refractivity contribution in [1.29, 1.82) is 10.5 Å². The molecule has 4 saturated heterocycles. The number of esters is 1. The largest absolute Gasteiger partial charge is 0.480 e. The molecule has 7 N–H and O–H groups in total. The number of rotatable bonds is 24. The van der Waals surface area contributed by atoms with Gasteiger partial charge in [0.05, 0.1) is 105 Å². The number of aromatic nitrogens is 2. The van der Waals surface area contributed by atoms with Gasteiger partial charge in [0.2, 0.25) is 41.4 Å². The van der Waals surface area contributed by atoms with Gasteiger partial charge in [0.25, 0.3) is 23.7 Å². The fourth-order valence-corrected chi connectivity index (χ4v) is 13.2. The average Bonchev–Trinajstić information content (AvgIpc) is 1.33. The van der Waals surface area contributed by atoms with E-state index >= 15 is 4.79 Å². The van der Waals surface area contributed by atoms with E-state index in [4.69, 9.17) is 4.74 Å². The molecular formula is C72H90F4N18O17. The number of nitrogens with one attached hydrogen (secondary N) is 4. The van der Waals surface area contributed by atoms with Crippen molar-refractivity contribution >= 4 is 110 Å². The highest BCUT2D eigenvalue weighted by Gasteiger charge is 2.48. The molecular weight excluding hydrogens is 1460 g/mol. The quantitative estimate of drug-likeness (QED) is 0.0371. The molecule has 4 aliphatic heterocycles. The second kappa shape index (κ2) is 39.0. The zero-order chi connectivity index (χ0) is 80.9. The van der Waals surface area contributed by atoms with Gasteiger partial charge in [0.1, 0.15) is 17.7 Å². The first-order chi connectivity index (χ1) is 52.6. The van der Waals surface area contributed by atoms with Crippen LogP contribution in [0.2, 0.25) is 0 Å². The van der Waals surface area contributed by atoms with Gasteiger partial charge in [-0.3, -0.25) is 96.8 Å². The van der Waals surface area contributed by atoms with Gasteiger partial charge < -0.3 is 65.8 Å². The Hall–Kier alpha value is -11.1. The third-order valence-corrected chi connectivity index (χ3v) is 18.8. The van der Waals surface area contributed by atoms with Crippen molar-refractivity contribution in [3.63, 3.8) is 0 Å². The van der Waals surface area contributed by atoms with Crippen molar-refractivity contribution in [2.24, 2.45) is 0 Å². The number of carbonyl (C=O) groups excluding carboxylic acids is 10. The first kappa shape index (κ1) is 85.5. The molecule has 6 heterocycles. The summed E-state index contributed by atoms with van der Waals surface area (Å²) in [4.78, 5) is 197. The van der Waals surface area contributed by atoms with Crippen molar-refractivity contribution < 1.29 is 99.9 Å². The number of fused-ring (bicyclic) bond motifs is 2. The molecule has 0 spiro atoms. The molecule has 2 aromatic carbocycles. The van der Waals surface area contributed by atoms with E-state index in [1.807, 2.05) is 0 Å². The molecule has 4 fully saturated rings. The number of nitrogens with zero attached hydrogens (tertiary/aromatic N) is 14. The molecule has 8 rings (SSSR count). The average molecular weight is 1560 g/mol. The number of ether oxygens (including phenoxy) is 1. The van der Waals surface area contributed by atoms with Crippen LogP contribution in [0.5, 0.6) is 0 Å². The van der Waals surface area contributed by atoms with Gasteiger partial charge in [-0.15, -0.1) is 0 Å². The summed E-state index contributed by atoms with van der Waals surface area (Å²) in [5.41, 5.74) is -0.511. The van der Waals surface area contributed by atoms with Gasteiger partial charge in [-0.1, -0.05) is 24.3 Å². The van der Waals surface area contributed by atoms with Gasteiger partial charge >= 0.3 is 23.9 Å². The summed E-state index contributed by atoms with van der Waals surface area (Å²) in [5, 5.41) is 58.9. The Morgan fingerprint density at radius 3 is 1.15 bits per heavy atom. The van der Waals surface area contributed by atoms with Crippen LogP contribution in [0, 0.1) is 22.7 Å². The highest BCUT2D eigenvalue weighted by Crippen LogP contribution is 2.34. The highest BCUT2D eigenvalue weighted by atomic mass is 19.3. The molecule has 9 amide bonds. The van der Waals surface area contributed by atoms with Crippen LogP contribution in [-0.2, 0) is 57.5 Å². The third kappa shape index (κ3) is 25.7. The Kier molecular flexibility index (Phi) is 30.0. The van der Waals surface area contributed by atoms with E-state index in [-0.39, 0.29) is 169 Å². The lowest BCUT2D eigenvalue weighted by Gasteiger charge is -2.36. The second-order valence-electron chi connectivity index (χ2n) is 28.3. The van der Waals surface area contributed by atoms with E-state index < -0.39 is 184 Å². The van der Waals surface area contributed by atoms with E-state index in [1.54, 1.807) is 57.4 Å². The predicted molar refractivity (Wildman–Crippen MR) is 386 cm³/mol. The first-order valence-electron chi connectivity index (χ1n) is 35.9. The Morgan fingerprint density at radius 1 is 0.468 bits per heavy atom. The fourth-order valence-electron chi connectivity index (χ4n) is 13.2. The molecule has 0 radical (unpaired) electrons. The number of carbonyl (C=O) groups is 13. The van der Waals surface area contributed by atoms with Crippen molar-refractivity contribution in [3.8, 4) is 12.1 Å². The predicted octanol–water partition coefficient (Wildman–Crippen LogP) is 0.518. The van der Waals surface area contributed by atoms with Gasteiger partial charge in [0.15, 0.2) is 0 Å². The van der Waals surface area contributed by atoms with Crippen molar-refractivity contribution in [1.82, 2.24) is 69.6 Å². The molecule has 111 heavy (non-hydrogen) atoms. The maximum absolute atomic E-state index is 15.0. The number of para-hydroxylation sites is 2. The fraction of sp³-hybridized carbons (Fsp3) is 0.542. The van der Waals surface area contributed by atoms with Gasteiger partial charge in [-0.2, -0.15) is 10.5 Å². The zero-order valence-corrected chi connectivity index (χ0v) is 61.7. The van der Waals surface area contributed by atoms with Crippen molar-refractivity contribution in [3.05, 3.63) is 72.1 Å². The van der Waals surface area contributed by atoms with Gasteiger partial charge in [-0.05, 0) is 45.0 Å². The van der Waals surface area contributed by atoms with Crippen LogP contribution in [0.1, 0.15) is 80.0 Å². The summed E-state index contributed by atoms with van der Waals surface area (Å²) < 4.78 is 62.3. The van der Waals surface area contributed by atoms with E-state index in [0.717, 1.165) is 0 Å². The summed E-state index contributed by atoms with van der Waals surface area (Å²) >= 11 is 0. The number of aliphatic carboxylic acids is 3. The lowest BCUT2D eigenvalue weighted by Crippen LogP contribution is -2.53. The normalized spacial score (nSPS) is 18.9. The number of nitriles is 2. The topological polar surface area (TPSA) is 446 Å². The molecule has 0 unspecified atom stereocenters. The summed E-state index contributed by atoms with van der Waals surface area (Å²) in [6, 6.07) is 12.2. The summed E-state index contributed by atoms with van der Waals surface area (Å²) in [5.74, 6) is -17.2. The lowest BCUT2D eigenvalue weighted by atomic mass is 10.1. The van der Waals surface area contributed by atoms with Crippen LogP contribution in [0.4, 0.5) is 28.9 Å². The molecule has 2 atom stereocenters. The van der Waals surface area contributed by atoms with Gasteiger partial charge in [0, 0.05) is 166 Å². The molecule has 0 saturated carbocycles. The van der Waals surface area contributed by atoms with Crippen molar-refractivity contribution in [2.75, 3.05) is 174 Å². The van der Waals surface area contributed by atoms with Crippen LogP contribution in [0.3, 0.4) is 0 Å². The zero-order valence-electron chi connectivity index (χ0n) is 61.7. The molecule has 0 aliphatic carbocycles. The molecule has 2 aromatic heterocycles. The molecule has 35 nitrogen and oxygen atoms in total. The minimum absolute atomic E-state index is 0.00571. The maximum atomic E-state index is 15.0. The van der Waals surface area contributed by atoms with Crippen LogP contribution in [0.25, 0.3) is 21.8 Å². The van der Waals surface area contributed by atoms with E-state index in [0.29, 0.717) is 9.80 Å². The maximum Gasteiger partial charge on any atom is 0.320 e. The summed E-state index contributed by atoms with van der Waals surface area (Å²) in [6.45, 7) is -0.668. The number of pyridine rings is 2. The van der Waals surface area contributed by atoms with Crippen LogP contribution >= 0.6 is 0 Å². The standard InChI is InChI=1S/C72H90F4N18O17/c1-70(2,3)111-65(108)44-89-26-28-90(57(97)12-10-55(95)83-53-8-4-6-49-51(14-16-79-66(49)53)68(109)81-38-59(99)93-45-71(73,74)34-47(93)36-77)30-31-91(32-33-92(29-27-89)61(101)40-85-18-20-86(41-62(102)103)22-24-88(43-64(106)107)25-23-87(21-19-85)42-63(104)105)58(98)13-11-56(96)84-54-9-5-7-50-52(15-17-80-67(50)54)69(110)82-39-60(100)94-46-72(75,76)35-48(94)37-78/h4-9,14-17,47-48H,10-13,18-35,38-46H2,1-3H3,(H,81,109)(H,82,110)(H,83,95)(H,84,96)(H,102,103)(H,104,105)(H,106,107)/t47-,48-/m0/s1. The van der Waals surface area contributed by atoms with Crippen LogP contribution < -0.4 is 21.3 Å². The Labute approximate surface area is 635 Å². The minimum Gasteiger partial charge on any atom is -0.480 e. The number of carboxylic acids is 3. The number of alkyl halides is 4. The number of halogens is 4. The molecule has 39 heteroatoms. The van der Waals surface area contributed by atoms with Crippen LogP contribution in [0.15, 0.2) is 60.9 Å². The molecule has 4 aliphatic rings. The number of benzene rings is 2. The Bertz CT molecular complexity index is 4200. The van der Waals surface area contributed by atoms with Crippen LogP contribution in [-0.4, -0.2) is 344 Å². The highest BCUT2D eigenvalue weighted by molar-refractivity contribution is 6.12. The van der Waals surface area contributed by atoms with E-state index in [1.165, 1.54) is 75.6 Å². The first-order valence-corrected chi connectivity index (χ1v) is 35.9. The Morgan fingerprint density at radius 2 is 0.802 bits per heavy atom. The lowest BCUT2D eigenvalue weighted by molar-refractivity contribution is -0.156. The van der Waals surface area contributed by atoms with E-state index in [2.05, 4.69) is 31.2 Å². The van der Waals surface area contributed by atoms with E-state index in [9.17, 15) is 101 Å². The summed E-state index contributed by atoms with van der Waals surface area (Å²) in [6.07, 6.45) is -0.971. The number of likely N-dealkylation sites (tertiary alicyclic amines) is 2. The third-order valence-electron chi connectivity index (χ3n) is 18.8. The molecule has 4 aromatic rings. The smallest absolute Gasteiger partial charge is 0.320 e. The Balaban J connectivity index is 1.01. The molecule has 598 valence electrons. The summed E-state index contributed by atoms with van der Waals surface area (Å²) in [7, 11) is 0. The van der Waals surface area contributed by atoms with Crippen molar-refractivity contribution in [2.45, 2.75) is 88.8 Å². The molecule has 0 bridgehead atoms. The number of anilines is 2. The van der Waals surface area contributed by atoms with Gasteiger partial charge in [-0.25, -0.2) is 17.6 Å². The minimum atomic E-state index is -3.29. The number of amides is 9. The number of hydrogen-bond donors (Lipinski definition) is 7. The SMILES string of the molecule is CC(C)(C)OC(=O)CN1CCN(C(=O)CCC(=O)Nc2cccc3c(C(=O)NCC(=O)N4CC(F)(F)C[C@H]4C#N)ccnc23)CCN(C(=O)CCC(=O)Nc2cccc3c(C(=O)NCC(=O)N4CC(F)(F)C[C@H]4C#N)ccnc23)CCN(C(=O)CN2CCN(CC(=O)O)CCN(CC(=O)O)CCN(CC(=O)O)CC2)CC1. The number of hydrogen-bond acceptors (Lipinski definition) is 23.